The van der Waals surface area contributed by atoms with Crippen LogP contribution in [0, 0.1) is 9.39 Å². The molecular formula is C15H13FINO2. The van der Waals surface area contributed by atoms with Gasteiger partial charge in [-0.3, -0.25) is 4.79 Å². The summed E-state index contributed by atoms with van der Waals surface area (Å²) in [7, 11) is 0. The van der Waals surface area contributed by atoms with Crippen LogP contribution in [0.2, 0.25) is 0 Å². The molecule has 0 heterocycles. The van der Waals surface area contributed by atoms with Crippen molar-refractivity contribution in [3.8, 4) is 5.75 Å². The summed E-state index contributed by atoms with van der Waals surface area (Å²) in [4.78, 5) is 11.9. The van der Waals surface area contributed by atoms with Gasteiger partial charge in [0.25, 0.3) is 5.91 Å². The van der Waals surface area contributed by atoms with Crippen molar-refractivity contribution in [2.24, 2.45) is 0 Å². The Morgan fingerprint density at radius 1 is 1.20 bits per heavy atom. The highest BCUT2D eigenvalue weighted by atomic mass is 127. The smallest absolute Gasteiger partial charge is 0.252 e. The van der Waals surface area contributed by atoms with Gasteiger partial charge < -0.3 is 10.1 Å². The predicted molar refractivity (Wildman–Crippen MR) is 83.4 cm³/mol. The molecule has 1 amide bonds. The molecule has 20 heavy (non-hydrogen) atoms. The lowest BCUT2D eigenvalue weighted by atomic mass is 10.2. The van der Waals surface area contributed by atoms with E-state index in [4.69, 9.17) is 4.74 Å². The number of carbonyl (C=O) groups is 1. The third kappa shape index (κ3) is 4.19. The van der Waals surface area contributed by atoms with Crippen LogP contribution in [0.15, 0.2) is 48.5 Å². The Balaban J connectivity index is 1.80. The van der Waals surface area contributed by atoms with E-state index in [2.05, 4.69) is 5.32 Å². The molecule has 0 aromatic heterocycles. The zero-order chi connectivity index (χ0) is 14.4. The van der Waals surface area contributed by atoms with Crippen LogP contribution in [0.1, 0.15) is 10.4 Å². The van der Waals surface area contributed by atoms with E-state index in [0.29, 0.717) is 22.3 Å². The Morgan fingerprint density at radius 3 is 2.65 bits per heavy atom. The number of hydrogen-bond acceptors (Lipinski definition) is 2. The molecule has 0 unspecified atom stereocenters. The number of carbonyl (C=O) groups excluding carboxylic acids is 1. The highest BCUT2D eigenvalue weighted by Gasteiger charge is 2.09. The quantitative estimate of drug-likeness (QED) is 0.634. The summed E-state index contributed by atoms with van der Waals surface area (Å²) in [6.07, 6.45) is 0. The first-order chi connectivity index (χ1) is 9.66. The van der Waals surface area contributed by atoms with Gasteiger partial charge in [0, 0.05) is 3.57 Å². The predicted octanol–water partition coefficient (Wildman–Crippen LogP) is 3.24. The van der Waals surface area contributed by atoms with Gasteiger partial charge in [0.1, 0.15) is 18.2 Å². The molecule has 2 rings (SSSR count). The maximum Gasteiger partial charge on any atom is 0.252 e. The van der Waals surface area contributed by atoms with Gasteiger partial charge in [0.2, 0.25) is 0 Å². The molecule has 0 atom stereocenters. The first-order valence-corrected chi connectivity index (χ1v) is 7.16. The van der Waals surface area contributed by atoms with Crippen molar-refractivity contribution in [2.45, 2.75) is 0 Å². The van der Waals surface area contributed by atoms with Gasteiger partial charge in [0.05, 0.1) is 12.1 Å². The monoisotopic (exact) mass is 385 g/mol. The van der Waals surface area contributed by atoms with Gasteiger partial charge in [-0.2, -0.15) is 0 Å². The lowest BCUT2D eigenvalue weighted by Gasteiger charge is -2.08. The van der Waals surface area contributed by atoms with E-state index in [1.807, 2.05) is 52.9 Å². The lowest BCUT2D eigenvalue weighted by Crippen LogP contribution is -2.28. The van der Waals surface area contributed by atoms with Gasteiger partial charge >= 0.3 is 0 Å². The van der Waals surface area contributed by atoms with E-state index in [9.17, 15) is 9.18 Å². The van der Waals surface area contributed by atoms with Gasteiger partial charge in [-0.15, -0.1) is 0 Å². The molecule has 0 spiro atoms. The zero-order valence-electron chi connectivity index (χ0n) is 10.6. The maximum absolute atomic E-state index is 12.9. The minimum Gasteiger partial charge on any atom is -0.492 e. The van der Waals surface area contributed by atoms with E-state index in [1.54, 1.807) is 0 Å². The van der Waals surface area contributed by atoms with Crippen molar-refractivity contribution in [3.63, 3.8) is 0 Å². The summed E-state index contributed by atoms with van der Waals surface area (Å²) in [6, 6.07) is 13.5. The number of amides is 1. The fourth-order valence-corrected chi connectivity index (χ4v) is 2.34. The maximum atomic E-state index is 12.9. The van der Waals surface area contributed by atoms with Crippen LogP contribution in [0.3, 0.4) is 0 Å². The first kappa shape index (κ1) is 14.8. The van der Waals surface area contributed by atoms with Crippen LogP contribution in [0.5, 0.6) is 5.75 Å². The molecule has 0 radical (unpaired) electrons. The molecular weight excluding hydrogens is 372 g/mol. The summed E-state index contributed by atoms with van der Waals surface area (Å²) in [5.74, 6) is 0.183. The Labute approximate surface area is 130 Å². The molecule has 0 fully saturated rings. The van der Waals surface area contributed by atoms with Gasteiger partial charge in [0.15, 0.2) is 0 Å². The van der Waals surface area contributed by atoms with Gasteiger partial charge in [-0.05, 0) is 52.9 Å². The van der Waals surface area contributed by atoms with Crippen molar-refractivity contribution >= 4 is 28.5 Å². The molecule has 2 aromatic carbocycles. The van der Waals surface area contributed by atoms with Crippen molar-refractivity contribution in [1.82, 2.24) is 5.32 Å². The average Bonchev–Trinajstić information content (AvgIpc) is 2.44. The molecule has 2 aromatic rings. The normalized spacial score (nSPS) is 10.1. The molecule has 0 aliphatic carbocycles. The summed E-state index contributed by atoms with van der Waals surface area (Å²) >= 11 is 1.94. The molecule has 5 heteroatoms. The summed E-state index contributed by atoms with van der Waals surface area (Å²) in [5, 5.41) is 2.74. The van der Waals surface area contributed by atoms with Crippen molar-refractivity contribution in [1.29, 1.82) is 0 Å². The third-order valence-electron chi connectivity index (χ3n) is 2.58. The number of hydrogen-bond donors (Lipinski definition) is 1. The summed E-state index contributed by atoms with van der Waals surface area (Å²) in [6.45, 7) is 0.773. The Hall–Kier alpha value is -1.63. The second-order valence-corrected chi connectivity index (χ2v) is 5.20. The number of rotatable bonds is 5. The molecule has 0 saturated heterocycles. The number of halogens is 2. The number of benzene rings is 2. The minimum absolute atomic E-state index is 0.230. The van der Waals surface area contributed by atoms with E-state index in [1.165, 1.54) is 18.2 Å². The molecule has 3 nitrogen and oxygen atoms in total. The fraction of sp³-hybridized carbons (Fsp3) is 0.133. The van der Waals surface area contributed by atoms with Crippen LogP contribution >= 0.6 is 22.6 Å². The van der Waals surface area contributed by atoms with E-state index in [0.717, 1.165) is 5.75 Å². The van der Waals surface area contributed by atoms with Crippen LogP contribution in [0.25, 0.3) is 0 Å². The molecule has 0 aliphatic rings. The van der Waals surface area contributed by atoms with Gasteiger partial charge in [-0.1, -0.05) is 18.2 Å². The first-order valence-electron chi connectivity index (χ1n) is 6.08. The van der Waals surface area contributed by atoms with Crippen molar-refractivity contribution in [3.05, 3.63) is 63.5 Å². The van der Waals surface area contributed by atoms with E-state index in [-0.39, 0.29) is 11.7 Å². The minimum atomic E-state index is -0.349. The number of para-hydroxylation sites is 1. The SMILES string of the molecule is O=C(NCCOc1ccccc1)c1ccc(F)cc1I. The molecule has 0 saturated carbocycles. The van der Waals surface area contributed by atoms with Crippen LogP contribution in [0.4, 0.5) is 4.39 Å². The number of ether oxygens (including phenoxy) is 1. The number of nitrogens with one attached hydrogen (secondary N) is 1. The molecule has 104 valence electrons. The largest absolute Gasteiger partial charge is 0.492 e. The van der Waals surface area contributed by atoms with Gasteiger partial charge in [-0.25, -0.2) is 4.39 Å². The highest BCUT2D eigenvalue weighted by Crippen LogP contribution is 2.13. The fourth-order valence-electron chi connectivity index (χ4n) is 1.62. The topological polar surface area (TPSA) is 38.3 Å². The van der Waals surface area contributed by atoms with Crippen molar-refractivity contribution in [2.75, 3.05) is 13.2 Å². The lowest BCUT2D eigenvalue weighted by molar-refractivity contribution is 0.0946. The average molecular weight is 385 g/mol. The van der Waals surface area contributed by atoms with E-state index >= 15 is 0 Å². The third-order valence-corrected chi connectivity index (χ3v) is 3.47. The zero-order valence-corrected chi connectivity index (χ0v) is 12.8. The van der Waals surface area contributed by atoms with Crippen LogP contribution in [-0.4, -0.2) is 19.1 Å². The van der Waals surface area contributed by atoms with Crippen LogP contribution in [-0.2, 0) is 0 Å². The second kappa shape index (κ2) is 7.23. The molecule has 0 bridgehead atoms. The Bertz CT molecular complexity index is 590. The summed E-state index contributed by atoms with van der Waals surface area (Å²) in [5.41, 5.74) is 0.465. The Morgan fingerprint density at radius 2 is 1.95 bits per heavy atom. The second-order valence-electron chi connectivity index (χ2n) is 4.04. The highest BCUT2D eigenvalue weighted by molar-refractivity contribution is 14.1. The molecule has 1 N–H and O–H groups in total. The van der Waals surface area contributed by atoms with Crippen LogP contribution < -0.4 is 10.1 Å². The van der Waals surface area contributed by atoms with E-state index < -0.39 is 0 Å². The summed E-state index contributed by atoms with van der Waals surface area (Å²) < 4.78 is 19.0. The van der Waals surface area contributed by atoms with Crippen molar-refractivity contribution < 1.29 is 13.9 Å². The standard InChI is InChI=1S/C15H13FINO2/c16-11-6-7-13(14(17)10-11)15(19)18-8-9-20-12-4-2-1-3-5-12/h1-7,10H,8-9H2,(H,18,19). The molecule has 0 aliphatic heterocycles. The Kier molecular flexibility index (Phi) is 5.34.